The van der Waals surface area contributed by atoms with E-state index in [9.17, 15) is 9.90 Å². The molecular weight excluding hydrogens is 420 g/mol. The van der Waals surface area contributed by atoms with Gasteiger partial charge in [0.25, 0.3) is 0 Å². The number of aromatic nitrogens is 1. The summed E-state index contributed by atoms with van der Waals surface area (Å²) in [6, 6.07) is 1.88. The van der Waals surface area contributed by atoms with E-state index in [4.69, 9.17) is 0 Å². The summed E-state index contributed by atoms with van der Waals surface area (Å²) in [4.78, 5) is 15.2. The number of unbranched alkanes of at least 4 members (excludes halogenated alkanes) is 1. The Morgan fingerprint density at radius 2 is 1.82 bits per heavy atom. The maximum Gasteiger partial charge on any atom is 0.212 e. The number of nitrogens with zero attached hydrogens (tertiary/aromatic N) is 1. The minimum absolute atomic E-state index is 0.452. The summed E-state index contributed by atoms with van der Waals surface area (Å²) in [6.45, 7) is 16.9. The predicted octanol–water partition coefficient (Wildman–Crippen LogP) is 7.87. The molecule has 1 unspecified atom stereocenters. The summed E-state index contributed by atoms with van der Waals surface area (Å²) in [6.07, 6.45) is 15.5. The van der Waals surface area contributed by atoms with E-state index in [1.165, 1.54) is 11.1 Å². The van der Waals surface area contributed by atoms with Crippen LogP contribution in [0.2, 0.25) is 0 Å². The summed E-state index contributed by atoms with van der Waals surface area (Å²) in [5.41, 5.74) is 8.92. The normalized spacial score (nSPS) is 15.2. The maximum absolute atomic E-state index is 10.8. The van der Waals surface area contributed by atoms with Gasteiger partial charge in [-0.3, -0.25) is 4.79 Å². The van der Waals surface area contributed by atoms with Crippen LogP contribution in [0.3, 0.4) is 0 Å². The molecule has 1 heterocycles. The molecule has 1 aromatic heterocycles. The van der Waals surface area contributed by atoms with E-state index >= 15 is 0 Å². The number of hydrogen-bond acceptors (Lipinski definition) is 3. The first-order chi connectivity index (χ1) is 16.2. The van der Waals surface area contributed by atoms with Crippen molar-refractivity contribution in [2.45, 2.75) is 93.6 Å². The van der Waals surface area contributed by atoms with E-state index in [2.05, 4.69) is 83.1 Å². The number of pyridine rings is 1. The van der Waals surface area contributed by atoms with Crippen molar-refractivity contribution >= 4 is 18.3 Å². The zero-order valence-corrected chi connectivity index (χ0v) is 22.5. The molecule has 186 valence electrons. The standard InChI is InChI=1S/C30H44N2O2/c1-9-13-15-22(6)27(18-25-19-31-30(32-20-33)17-23(25)7)26(12-4)24(8)16-28(21(5)11-3)29(34)14-10-2/h12,15-20,29,34H,9-11,13-14H2,1-8H3,(H,31,32,33)/b22-15+,24-16-,26-12+,27-18+,28-21?. The van der Waals surface area contributed by atoms with E-state index in [1.807, 2.05) is 13.0 Å². The summed E-state index contributed by atoms with van der Waals surface area (Å²) in [7, 11) is 0. The minimum Gasteiger partial charge on any atom is -0.388 e. The van der Waals surface area contributed by atoms with Crippen molar-refractivity contribution in [1.29, 1.82) is 0 Å². The monoisotopic (exact) mass is 464 g/mol. The number of nitrogens with one attached hydrogen (secondary N) is 1. The van der Waals surface area contributed by atoms with Crippen LogP contribution in [0.15, 0.2) is 63.9 Å². The third-order valence-electron chi connectivity index (χ3n) is 6.14. The number of amides is 1. The summed E-state index contributed by atoms with van der Waals surface area (Å²) >= 11 is 0. The largest absolute Gasteiger partial charge is 0.388 e. The zero-order valence-electron chi connectivity index (χ0n) is 22.5. The zero-order chi connectivity index (χ0) is 25.7. The lowest BCUT2D eigenvalue weighted by molar-refractivity contribution is -0.105. The van der Waals surface area contributed by atoms with Crippen LogP contribution in [0.25, 0.3) is 6.08 Å². The van der Waals surface area contributed by atoms with Gasteiger partial charge in [-0.15, -0.1) is 0 Å². The molecule has 4 heteroatoms. The topological polar surface area (TPSA) is 62.2 Å². The van der Waals surface area contributed by atoms with Crippen LogP contribution in [-0.4, -0.2) is 22.6 Å². The van der Waals surface area contributed by atoms with Crippen LogP contribution in [0.1, 0.15) is 91.7 Å². The molecule has 0 radical (unpaired) electrons. The first-order valence-corrected chi connectivity index (χ1v) is 12.5. The molecule has 34 heavy (non-hydrogen) atoms. The van der Waals surface area contributed by atoms with Crippen LogP contribution in [0.5, 0.6) is 0 Å². The van der Waals surface area contributed by atoms with E-state index in [0.29, 0.717) is 12.2 Å². The van der Waals surface area contributed by atoms with E-state index < -0.39 is 6.10 Å². The Hall–Kier alpha value is -2.72. The number of carbonyl (C=O) groups is 1. The highest BCUT2D eigenvalue weighted by atomic mass is 16.3. The fraction of sp³-hybridized carbons (Fsp3) is 0.467. The van der Waals surface area contributed by atoms with Crippen molar-refractivity contribution in [2.24, 2.45) is 0 Å². The molecule has 1 aromatic rings. The Balaban J connectivity index is 3.66. The second kappa shape index (κ2) is 15.2. The highest BCUT2D eigenvalue weighted by Gasteiger charge is 2.15. The molecule has 2 N–H and O–H groups in total. The average molecular weight is 465 g/mol. The van der Waals surface area contributed by atoms with Crippen molar-refractivity contribution in [3.05, 3.63) is 75.1 Å². The summed E-state index contributed by atoms with van der Waals surface area (Å²) < 4.78 is 0. The Labute approximate surface area is 207 Å². The molecule has 0 bridgehead atoms. The van der Waals surface area contributed by atoms with Crippen LogP contribution >= 0.6 is 0 Å². The molecule has 0 aliphatic heterocycles. The molecule has 0 aliphatic carbocycles. The lowest BCUT2D eigenvalue weighted by Gasteiger charge is -2.19. The summed E-state index contributed by atoms with van der Waals surface area (Å²) in [5.74, 6) is 0.543. The molecule has 0 spiro atoms. The SMILES string of the molecule is C/C=C(C(\C)=C/C(=C(C)CC)C(O)CCC)/C(=C/c1cnc(NC=O)cc1C)C(/C)=C/CCC. The molecule has 0 aliphatic rings. The predicted molar refractivity (Wildman–Crippen MR) is 147 cm³/mol. The number of aryl methyl sites for hydroxylation is 1. The van der Waals surface area contributed by atoms with Crippen LogP contribution in [0.4, 0.5) is 5.82 Å². The highest BCUT2D eigenvalue weighted by Crippen LogP contribution is 2.31. The summed E-state index contributed by atoms with van der Waals surface area (Å²) in [5, 5.41) is 13.4. The number of hydrogen-bond donors (Lipinski definition) is 2. The average Bonchev–Trinajstić information content (AvgIpc) is 2.81. The van der Waals surface area contributed by atoms with E-state index in [-0.39, 0.29) is 0 Å². The Kier molecular flexibility index (Phi) is 13.1. The molecular formula is C30H44N2O2. The van der Waals surface area contributed by atoms with Gasteiger partial charge in [0.15, 0.2) is 0 Å². The Bertz CT molecular complexity index is 978. The Morgan fingerprint density at radius 1 is 1.12 bits per heavy atom. The number of anilines is 1. The molecule has 0 saturated carbocycles. The molecule has 1 rings (SSSR count). The third-order valence-corrected chi connectivity index (χ3v) is 6.14. The fourth-order valence-corrected chi connectivity index (χ4v) is 3.93. The molecule has 1 amide bonds. The maximum atomic E-state index is 10.8. The van der Waals surface area contributed by atoms with E-state index in [1.54, 1.807) is 6.20 Å². The lowest BCUT2D eigenvalue weighted by Crippen LogP contribution is -2.11. The van der Waals surface area contributed by atoms with Crippen molar-refractivity contribution in [3.8, 4) is 0 Å². The molecule has 0 aromatic carbocycles. The number of carbonyl (C=O) groups excluding carboxylic acids is 1. The highest BCUT2D eigenvalue weighted by molar-refractivity contribution is 5.73. The first-order valence-electron chi connectivity index (χ1n) is 12.5. The number of allylic oxidation sites excluding steroid dienone is 7. The van der Waals surface area contributed by atoms with Gasteiger partial charge in [-0.1, -0.05) is 57.4 Å². The second-order valence-electron chi connectivity index (χ2n) is 8.85. The molecule has 0 saturated heterocycles. The molecule has 4 nitrogen and oxygen atoms in total. The van der Waals surface area contributed by atoms with Crippen LogP contribution < -0.4 is 5.32 Å². The quantitative estimate of drug-likeness (QED) is 0.231. The van der Waals surface area contributed by atoms with Gasteiger partial charge < -0.3 is 10.4 Å². The lowest BCUT2D eigenvalue weighted by atomic mass is 9.88. The minimum atomic E-state index is -0.452. The van der Waals surface area contributed by atoms with Gasteiger partial charge in [0.2, 0.25) is 6.41 Å². The van der Waals surface area contributed by atoms with E-state index in [0.717, 1.165) is 65.5 Å². The first kappa shape index (κ1) is 29.3. The smallest absolute Gasteiger partial charge is 0.212 e. The van der Waals surface area contributed by atoms with Crippen molar-refractivity contribution in [3.63, 3.8) is 0 Å². The molecule has 1 atom stereocenters. The third kappa shape index (κ3) is 8.57. The van der Waals surface area contributed by atoms with Crippen LogP contribution in [0, 0.1) is 6.92 Å². The van der Waals surface area contributed by atoms with Gasteiger partial charge in [0.05, 0.1) is 6.10 Å². The van der Waals surface area contributed by atoms with Crippen molar-refractivity contribution in [1.82, 2.24) is 4.98 Å². The second-order valence-corrected chi connectivity index (χ2v) is 8.85. The van der Waals surface area contributed by atoms with Crippen molar-refractivity contribution in [2.75, 3.05) is 5.32 Å². The van der Waals surface area contributed by atoms with Gasteiger partial charge in [-0.25, -0.2) is 4.98 Å². The molecule has 0 fully saturated rings. The number of rotatable bonds is 13. The number of aliphatic hydroxyl groups is 1. The number of aliphatic hydroxyl groups excluding tert-OH is 1. The fourth-order valence-electron chi connectivity index (χ4n) is 3.93. The van der Waals surface area contributed by atoms with Gasteiger partial charge in [0, 0.05) is 6.20 Å². The van der Waals surface area contributed by atoms with Gasteiger partial charge in [-0.05, 0) is 105 Å². The van der Waals surface area contributed by atoms with Gasteiger partial charge in [-0.2, -0.15) is 0 Å². The van der Waals surface area contributed by atoms with Gasteiger partial charge in [0.1, 0.15) is 5.82 Å². The Morgan fingerprint density at radius 3 is 2.35 bits per heavy atom. The van der Waals surface area contributed by atoms with Gasteiger partial charge >= 0.3 is 0 Å². The van der Waals surface area contributed by atoms with Crippen LogP contribution in [-0.2, 0) is 4.79 Å². The van der Waals surface area contributed by atoms with Crippen molar-refractivity contribution < 1.29 is 9.90 Å².